The van der Waals surface area contributed by atoms with Crippen LogP contribution in [-0.4, -0.2) is 17.8 Å². The average molecular weight is 343 g/mol. The van der Waals surface area contributed by atoms with E-state index in [2.05, 4.69) is 41.8 Å². The third-order valence-corrected chi connectivity index (χ3v) is 3.72. The number of thiocarbonyl (C=S) groups is 1. The molecule has 0 atom stereocenters. The van der Waals surface area contributed by atoms with Crippen LogP contribution in [0, 0.1) is 6.92 Å². The topological polar surface area (TPSA) is 33.3 Å². The van der Waals surface area contributed by atoms with E-state index in [0.29, 0.717) is 5.11 Å². The molecule has 2 aromatic rings. The van der Waals surface area contributed by atoms with E-state index in [-0.39, 0.29) is 6.10 Å². The second-order valence-corrected chi connectivity index (χ2v) is 6.58. The van der Waals surface area contributed by atoms with Crippen LogP contribution in [0.15, 0.2) is 48.5 Å². The highest BCUT2D eigenvalue weighted by atomic mass is 32.1. The molecule has 0 amide bonds. The Morgan fingerprint density at radius 3 is 2.67 bits per heavy atom. The summed E-state index contributed by atoms with van der Waals surface area (Å²) in [5, 5.41) is 7.13. The summed E-state index contributed by atoms with van der Waals surface area (Å²) in [6.45, 7) is 6.99. The fourth-order valence-electron chi connectivity index (χ4n) is 2.44. The number of rotatable bonds is 7. The maximum absolute atomic E-state index is 5.73. The van der Waals surface area contributed by atoms with Gasteiger partial charge in [-0.25, -0.2) is 0 Å². The van der Waals surface area contributed by atoms with Crippen LogP contribution in [0.5, 0.6) is 5.75 Å². The van der Waals surface area contributed by atoms with Crippen molar-refractivity contribution in [3.05, 3.63) is 59.7 Å². The highest BCUT2D eigenvalue weighted by Crippen LogP contribution is 2.16. The molecule has 0 heterocycles. The first-order valence-electron chi connectivity index (χ1n) is 8.40. The van der Waals surface area contributed by atoms with Gasteiger partial charge in [-0.3, -0.25) is 0 Å². The van der Waals surface area contributed by atoms with Crippen molar-refractivity contribution in [3.63, 3.8) is 0 Å². The molecule has 0 fully saturated rings. The molecular weight excluding hydrogens is 316 g/mol. The van der Waals surface area contributed by atoms with Gasteiger partial charge in [0.15, 0.2) is 5.11 Å². The average Bonchev–Trinajstić information content (AvgIpc) is 2.51. The van der Waals surface area contributed by atoms with E-state index in [4.69, 9.17) is 17.0 Å². The summed E-state index contributed by atoms with van der Waals surface area (Å²) < 4.78 is 5.73. The van der Waals surface area contributed by atoms with Crippen LogP contribution in [0.1, 0.15) is 31.4 Å². The van der Waals surface area contributed by atoms with E-state index < -0.39 is 0 Å². The standard InChI is InChI=1S/C20H26N2OS/c1-15(2)23-19-11-5-8-17(14-19)9-6-12-21-20(24)22-18-10-4-7-16(3)13-18/h4-5,7-8,10-11,13-15H,6,9,12H2,1-3H3,(H2,21,22,24). The highest BCUT2D eigenvalue weighted by Gasteiger charge is 2.01. The largest absolute Gasteiger partial charge is 0.491 e. The monoisotopic (exact) mass is 342 g/mol. The molecule has 4 heteroatoms. The summed E-state index contributed by atoms with van der Waals surface area (Å²) in [5.41, 5.74) is 3.52. The number of anilines is 1. The quantitative estimate of drug-likeness (QED) is 0.564. The Hall–Kier alpha value is -2.07. The van der Waals surface area contributed by atoms with Gasteiger partial charge in [0.25, 0.3) is 0 Å². The number of hydrogen-bond donors (Lipinski definition) is 2. The van der Waals surface area contributed by atoms with Gasteiger partial charge >= 0.3 is 0 Å². The van der Waals surface area contributed by atoms with E-state index in [1.807, 2.05) is 38.1 Å². The molecule has 0 radical (unpaired) electrons. The highest BCUT2D eigenvalue weighted by molar-refractivity contribution is 7.80. The third kappa shape index (κ3) is 6.59. The lowest BCUT2D eigenvalue weighted by molar-refractivity contribution is 0.242. The molecule has 128 valence electrons. The van der Waals surface area contributed by atoms with E-state index in [9.17, 15) is 0 Å². The molecule has 0 aliphatic rings. The van der Waals surface area contributed by atoms with Crippen LogP contribution in [0.4, 0.5) is 5.69 Å². The summed E-state index contributed by atoms with van der Waals surface area (Å²) in [6, 6.07) is 16.5. The minimum atomic E-state index is 0.201. The summed E-state index contributed by atoms with van der Waals surface area (Å²) >= 11 is 5.34. The van der Waals surface area contributed by atoms with Crippen LogP contribution < -0.4 is 15.4 Å². The molecule has 0 saturated carbocycles. The summed E-state index contributed by atoms with van der Waals surface area (Å²) in [4.78, 5) is 0. The molecule has 3 nitrogen and oxygen atoms in total. The van der Waals surface area contributed by atoms with Crippen LogP contribution in [0.3, 0.4) is 0 Å². The van der Waals surface area contributed by atoms with Gasteiger partial charge < -0.3 is 15.4 Å². The zero-order chi connectivity index (χ0) is 17.4. The number of benzene rings is 2. The summed E-state index contributed by atoms with van der Waals surface area (Å²) in [6.07, 6.45) is 2.21. The van der Waals surface area contributed by atoms with E-state index in [0.717, 1.165) is 30.8 Å². The summed E-state index contributed by atoms with van der Waals surface area (Å²) in [7, 11) is 0. The lowest BCUT2D eigenvalue weighted by Crippen LogP contribution is -2.29. The summed E-state index contributed by atoms with van der Waals surface area (Å²) in [5.74, 6) is 0.937. The number of aryl methyl sites for hydroxylation is 2. The molecule has 0 aliphatic heterocycles. The van der Waals surface area contributed by atoms with Crippen molar-refractivity contribution in [2.75, 3.05) is 11.9 Å². The van der Waals surface area contributed by atoms with Crippen molar-refractivity contribution in [2.45, 2.75) is 39.7 Å². The van der Waals surface area contributed by atoms with Crippen molar-refractivity contribution in [2.24, 2.45) is 0 Å². The van der Waals surface area contributed by atoms with Gasteiger partial charge in [-0.15, -0.1) is 0 Å². The number of hydrogen-bond acceptors (Lipinski definition) is 2. The maximum atomic E-state index is 5.73. The second kappa shape index (κ2) is 9.28. The Morgan fingerprint density at radius 2 is 1.92 bits per heavy atom. The Morgan fingerprint density at radius 1 is 1.12 bits per heavy atom. The molecule has 0 aliphatic carbocycles. The first-order chi connectivity index (χ1) is 11.5. The Bertz CT molecular complexity index is 670. The molecule has 0 unspecified atom stereocenters. The fourth-order valence-corrected chi connectivity index (χ4v) is 2.66. The number of ether oxygens (including phenoxy) is 1. The first-order valence-corrected chi connectivity index (χ1v) is 8.81. The molecule has 0 saturated heterocycles. The van der Waals surface area contributed by atoms with Crippen molar-refractivity contribution in [1.29, 1.82) is 0 Å². The van der Waals surface area contributed by atoms with Crippen LogP contribution in [0.2, 0.25) is 0 Å². The molecular formula is C20H26N2OS. The molecule has 2 aromatic carbocycles. The van der Waals surface area contributed by atoms with Gasteiger partial charge in [0.2, 0.25) is 0 Å². The Kier molecular flexibility index (Phi) is 7.07. The van der Waals surface area contributed by atoms with Crippen molar-refractivity contribution in [1.82, 2.24) is 5.32 Å². The zero-order valence-corrected chi connectivity index (χ0v) is 15.5. The van der Waals surface area contributed by atoms with E-state index >= 15 is 0 Å². The van der Waals surface area contributed by atoms with Gasteiger partial charge in [-0.2, -0.15) is 0 Å². The lowest BCUT2D eigenvalue weighted by Gasteiger charge is -2.12. The lowest BCUT2D eigenvalue weighted by atomic mass is 10.1. The van der Waals surface area contributed by atoms with E-state index in [1.165, 1.54) is 11.1 Å². The third-order valence-electron chi connectivity index (χ3n) is 3.47. The predicted octanol–water partition coefficient (Wildman–Crippen LogP) is 4.70. The normalized spacial score (nSPS) is 10.5. The molecule has 2 rings (SSSR count). The second-order valence-electron chi connectivity index (χ2n) is 6.17. The molecule has 24 heavy (non-hydrogen) atoms. The van der Waals surface area contributed by atoms with Crippen LogP contribution in [0.25, 0.3) is 0 Å². The maximum Gasteiger partial charge on any atom is 0.170 e. The molecule has 0 spiro atoms. The minimum absolute atomic E-state index is 0.201. The van der Waals surface area contributed by atoms with Crippen LogP contribution in [-0.2, 0) is 6.42 Å². The van der Waals surface area contributed by atoms with E-state index in [1.54, 1.807) is 0 Å². The fraction of sp³-hybridized carbons (Fsp3) is 0.350. The zero-order valence-electron chi connectivity index (χ0n) is 14.6. The van der Waals surface area contributed by atoms with Gasteiger partial charge in [-0.1, -0.05) is 24.3 Å². The van der Waals surface area contributed by atoms with Crippen LogP contribution >= 0.6 is 12.2 Å². The Balaban J connectivity index is 1.71. The molecule has 0 bridgehead atoms. The predicted molar refractivity (Wildman–Crippen MR) is 106 cm³/mol. The van der Waals surface area contributed by atoms with Gasteiger partial charge in [0.05, 0.1) is 6.10 Å². The van der Waals surface area contributed by atoms with Gasteiger partial charge in [-0.05, 0) is 81.2 Å². The van der Waals surface area contributed by atoms with Gasteiger partial charge in [0, 0.05) is 12.2 Å². The Labute approximate surface area is 150 Å². The first kappa shape index (κ1) is 18.3. The number of nitrogens with one attached hydrogen (secondary N) is 2. The molecule has 0 aromatic heterocycles. The SMILES string of the molecule is Cc1cccc(NC(=S)NCCCc2cccc(OC(C)C)c2)c1. The van der Waals surface area contributed by atoms with Gasteiger partial charge in [0.1, 0.15) is 5.75 Å². The minimum Gasteiger partial charge on any atom is -0.491 e. The van der Waals surface area contributed by atoms with Crippen molar-refractivity contribution in [3.8, 4) is 5.75 Å². The van der Waals surface area contributed by atoms with Crippen molar-refractivity contribution >= 4 is 23.0 Å². The van der Waals surface area contributed by atoms with Crippen molar-refractivity contribution < 1.29 is 4.74 Å². The molecule has 2 N–H and O–H groups in total. The smallest absolute Gasteiger partial charge is 0.170 e.